The van der Waals surface area contributed by atoms with Gasteiger partial charge in [0.05, 0.1) is 11.3 Å². The first-order chi connectivity index (χ1) is 17.0. The Labute approximate surface area is 208 Å². The normalized spacial score (nSPS) is 18.2. The summed E-state index contributed by atoms with van der Waals surface area (Å²) in [6.07, 6.45) is -0.887. The molecule has 6 nitrogen and oxygen atoms in total. The lowest BCUT2D eigenvalue weighted by Gasteiger charge is -2.29. The lowest BCUT2D eigenvalue weighted by Crippen LogP contribution is -2.34. The highest BCUT2D eigenvalue weighted by Gasteiger charge is 2.31. The summed E-state index contributed by atoms with van der Waals surface area (Å²) in [5, 5.41) is 14.9. The summed E-state index contributed by atoms with van der Waals surface area (Å²) in [6.45, 7) is 5.96. The van der Waals surface area contributed by atoms with Gasteiger partial charge in [-0.1, -0.05) is 12.1 Å². The molecule has 2 heterocycles. The van der Waals surface area contributed by atoms with Crippen LogP contribution in [0.25, 0.3) is 11.3 Å². The molecular weight excluding hydrogens is 471 g/mol. The van der Waals surface area contributed by atoms with E-state index < -0.39 is 6.36 Å². The van der Waals surface area contributed by atoms with Crippen LogP contribution >= 0.6 is 0 Å². The Morgan fingerprint density at radius 3 is 2.39 bits per heavy atom. The van der Waals surface area contributed by atoms with Crippen LogP contribution in [-0.4, -0.2) is 23.8 Å². The molecular formula is C27H30F3N3O3. The van der Waals surface area contributed by atoms with Crippen molar-refractivity contribution in [2.24, 2.45) is 5.92 Å². The van der Waals surface area contributed by atoms with Crippen LogP contribution in [-0.2, 0) is 0 Å². The zero-order chi connectivity index (χ0) is 26.0. The van der Waals surface area contributed by atoms with Crippen molar-refractivity contribution in [3.63, 3.8) is 0 Å². The van der Waals surface area contributed by atoms with E-state index in [0.29, 0.717) is 46.6 Å². The van der Waals surface area contributed by atoms with Gasteiger partial charge in [0.2, 0.25) is 0 Å². The maximum Gasteiger partial charge on any atom is 0.573 e. The number of aryl methyl sites for hydroxylation is 3. The molecule has 1 saturated carbocycles. The molecule has 1 amide bonds. The second-order valence-electron chi connectivity index (χ2n) is 9.61. The van der Waals surface area contributed by atoms with E-state index in [4.69, 9.17) is 0 Å². The van der Waals surface area contributed by atoms with Gasteiger partial charge in [0.25, 0.3) is 5.91 Å². The van der Waals surface area contributed by atoms with E-state index >= 15 is 0 Å². The molecule has 1 aliphatic rings. The van der Waals surface area contributed by atoms with Gasteiger partial charge in [-0.25, -0.2) is 0 Å². The number of hydrogen-bond acceptors (Lipinski definition) is 3. The predicted molar refractivity (Wildman–Crippen MR) is 130 cm³/mol. The van der Waals surface area contributed by atoms with Crippen LogP contribution in [0.15, 0.2) is 42.5 Å². The van der Waals surface area contributed by atoms with E-state index in [2.05, 4.69) is 15.0 Å². The Kier molecular flexibility index (Phi) is 7.28. The molecule has 0 radical (unpaired) electrons. The number of aromatic nitrogens is 2. The van der Waals surface area contributed by atoms with Crippen LogP contribution in [0.5, 0.6) is 5.75 Å². The quantitative estimate of drug-likeness (QED) is 0.329. The van der Waals surface area contributed by atoms with Crippen LogP contribution in [0.2, 0.25) is 0 Å². The summed E-state index contributed by atoms with van der Waals surface area (Å²) in [5.41, 5.74) is 4.59. The number of benzene rings is 1. The van der Waals surface area contributed by atoms with Crippen molar-refractivity contribution in [1.82, 2.24) is 10.3 Å². The summed E-state index contributed by atoms with van der Waals surface area (Å²) in [5.74, 6) is 0.130. The number of H-pyrrole nitrogens is 1. The lowest BCUT2D eigenvalue weighted by atomic mass is 9.78. The molecule has 9 heteroatoms. The average molecular weight is 502 g/mol. The van der Waals surface area contributed by atoms with Crippen molar-refractivity contribution in [3.8, 4) is 17.0 Å². The summed E-state index contributed by atoms with van der Waals surface area (Å²) in [4.78, 5) is 16.1. The number of ether oxygens (including phenoxy) is 1. The monoisotopic (exact) mass is 501 g/mol. The zero-order valence-electron chi connectivity index (χ0n) is 20.5. The Morgan fingerprint density at radius 2 is 1.75 bits per heavy atom. The van der Waals surface area contributed by atoms with Gasteiger partial charge in [-0.05, 0) is 68.2 Å². The van der Waals surface area contributed by atoms with Crippen molar-refractivity contribution in [2.75, 3.05) is 6.54 Å². The third-order valence-electron chi connectivity index (χ3n) is 6.81. The molecule has 0 unspecified atom stereocenters. The van der Waals surface area contributed by atoms with Crippen LogP contribution in [0.1, 0.15) is 64.6 Å². The standard InChI is InChI=1S/C27H30F3N3O3/c1-16-11-24(25(32-16)21-5-4-6-23(14-21)36-27(28,29)30)26(34)31-15-19-7-9-20(10-8-19)22-12-17(2)33(35)18(3)13-22/h4-6,11-14,19-20,32H,7-10,15H2,1-3H3,(H,31,34). The number of alkyl halides is 3. The van der Waals surface area contributed by atoms with Gasteiger partial charge in [0.1, 0.15) is 5.75 Å². The van der Waals surface area contributed by atoms with Gasteiger partial charge < -0.3 is 20.2 Å². The number of nitrogens with one attached hydrogen (secondary N) is 2. The van der Waals surface area contributed by atoms with Crippen LogP contribution in [0.3, 0.4) is 0 Å². The highest BCUT2D eigenvalue weighted by Crippen LogP contribution is 2.36. The number of amides is 1. The maximum absolute atomic E-state index is 13.0. The molecule has 192 valence electrons. The zero-order valence-corrected chi connectivity index (χ0v) is 20.5. The van der Waals surface area contributed by atoms with E-state index in [9.17, 15) is 23.2 Å². The van der Waals surface area contributed by atoms with Gasteiger partial charge in [-0.3, -0.25) is 4.79 Å². The molecule has 1 aliphatic carbocycles. The Balaban J connectivity index is 1.38. The maximum atomic E-state index is 13.0. The average Bonchev–Trinajstić information content (AvgIpc) is 3.22. The van der Waals surface area contributed by atoms with Crippen molar-refractivity contribution in [2.45, 2.75) is 58.7 Å². The van der Waals surface area contributed by atoms with E-state index in [1.807, 2.05) is 26.0 Å². The molecule has 0 saturated heterocycles. The second-order valence-corrected chi connectivity index (χ2v) is 9.61. The Bertz CT molecular complexity index is 1220. The minimum Gasteiger partial charge on any atom is -0.618 e. The summed E-state index contributed by atoms with van der Waals surface area (Å²) >= 11 is 0. The number of rotatable bonds is 6. The highest BCUT2D eigenvalue weighted by molar-refractivity contribution is 6.00. The number of carbonyl (C=O) groups is 1. The first-order valence-electron chi connectivity index (χ1n) is 12.0. The fourth-order valence-corrected chi connectivity index (χ4v) is 5.03. The molecule has 3 aromatic rings. The van der Waals surface area contributed by atoms with Crippen LogP contribution < -0.4 is 14.8 Å². The number of halogens is 3. The molecule has 1 fully saturated rings. The topological polar surface area (TPSA) is 81.1 Å². The van der Waals surface area contributed by atoms with Crippen LogP contribution in [0, 0.1) is 31.9 Å². The molecule has 0 atom stereocenters. The molecule has 2 N–H and O–H groups in total. The van der Waals surface area contributed by atoms with Crippen LogP contribution in [0.4, 0.5) is 13.2 Å². The third-order valence-corrected chi connectivity index (χ3v) is 6.81. The largest absolute Gasteiger partial charge is 0.618 e. The predicted octanol–water partition coefficient (Wildman–Crippen LogP) is 5.84. The molecule has 2 aromatic heterocycles. The van der Waals surface area contributed by atoms with Gasteiger partial charge in [-0.2, -0.15) is 4.73 Å². The van der Waals surface area contributed by atoms with E-state index in [-0.39, 0.29) is 11.7 Å². The molecule has 0 spiro atoms. The summed E-state index contributed by atoms with van der Waals surface area (Å²) in [7, 11) is 0. The molecule has 36 heavy (non-hydrogen) atoms. The molecule has 1 aromatic carbocycles. The van der Waals surface area contributed by atoms with E-state index in [1.165, 1.54) is 23.8 Å². The summed E-state index contributed by atoms with van der Waals surface area (Å²) < 4.78 is 42.9. The van der Waals surface area contributed by atoms with E-state index in [1.54, 1.807) is 19.1 Å². The minimum atomic E-state index is -4.79. The molecule has 4 rings (SSSR count). The Morgan fingerprint density at radius 1 is 1.08 bits per heavy atom. The fraction of sp³-hybridized carbons (Fsp3) is 0.407. The number of hydrogen-bond donors (Lipinski definition) is 2. The highest BCUT2D eigenvalue weighted by atomic mass is 19.4. The lowest BCUT2D eigenvalue weighted by molar-refractivity contribution is -0.619. The van der Waals surface area contributed by atoms with Crippen molar-refractivity contribution in [1.29, 1.82) is 0 Å². The van der Waals surface area contributed by atoms with Gasteiger partial charge in [0, 0.05) is 43.8 Å². The minimum absolute atomic E-state index is 0.270. The summed E-state index contributed by atoms with van der Waals surface area (Å²) in [6, 6.07) is 11.2. The Hall–Kier alpha value is -3.49. The molecule has 0 bridgehead atoms. The van der Waals surface area contributed by atoms with Crippen molar-refractivity contribution < 1.29 is 27.4 Å². The van der Waals surface area contributed by atoms with Gasteiger partial charge >= 0.3 is 6.36 Å². The smallest absolute Gasteiger partial charge is 0.573 e. The van der Waals surface area contributed by atoms with E-state index in [0.717, 1.165) is 36.1 Å². The fourth-order valence-electron chi connectivity index (χ4n) is 5.03. The first kappa shape index (κ1) is 25.6. The van der Waals surface area contributed by atoms with Gasteiger partial charge in [0.15, 0.2) is 11.4 Å². The van der Waals surface area contributed by atoms with Gasteiger partial charge in [-0.15, -0.1) is 13.2 Å². The van der Waals surface area contributed by atoms with Crippen molar-refractivity contribution >= 4 is 5.91 Å². The number of aromatic amines is 1. The molecule has 0 aliphatic heterocycles. The second kappa shape index (κ2) is 10.2. The first-order valence-corrected chi connectivity index (χ1v) is 12.0. The number of carbonyl (C=O) groups excluding carboxylic acids is 1. The number of pyridine rings is 1. The van der Waals surface area contributed by atoms with Crippen molar-refractivity contribution in [3.05, 3.63) is 75.9 Å². The SMILES string of the molecule is Cc1cc(C(=O)NCC2CCC(c3cc(C)[n+]([O-])c(C)c3)CC2)c(-c2cccc(OC(F)(F)F)c2)[nH]1. The number of nitrogens with zero attached hydrogens (tertiary/aromatic N) is 1. The third kappa shape index (κ3) is 6.01.